The number of nitrogens with zero attached hydrogens (tertiary/aromatic N) is 3. The molecule has 0 spiro atoms. The van der Waals surface area contributed by atoms with Crippen LogP contribution in [0.4, 0.5) is 0 Å². The standard InChI is InChI=1S/C9H10N4O/c1-6-2-9(14-13-6)8-5-11-4-7(3-10)12-8/h2,4-5H,3,10H2,1H3. The fourth-order valence-corrected chi connectivity index (χ4v) is 1.11. The molecule has 0 aliphatic carbocycles. The van der Waals surface area contributed by atoms with Crippen LogP contribution in [0.15, 0.2) is 23.0 Å². The molecule has 0 aliphatic rings. The van der Waals surface area contributed by atoms with Gasteiger partial charge in [-0.1, -0.05) is 5.16 Å². The van der Waals surface area contributed by atoms with E-state index in [0.717, 1.165) is 11.4 Å². The lowest BCUT2D eigenvalue weighted by Gasteiger charge is -1.96. The summed E-state index contributed by atoms with van der Waals surface area (Å²) in [6.07, 6.45) is 3.26. The Labute approximate surface area is 81.0 Å². The fourth-order valence-electron chi connectivity index (χ4n) is 1.11. The highest BCUT2D eigenvalue weighted by Crippen LogP contribution is 2.16. The van der Waals surface area contributed by atoms with Crippen molar-refractivity contribution in [3.05, 3.63) is 29.8 Å². The van der Waals surface area contributed by atoms with E-state index < -0.39 is 0 Å². The smallest absolute Gasteiger partial charge is 0.187 e. The molecule has 2 heterocycles. The van der Waals surface area contributed by atoms with Gasteiger partial charge in [-0.25, -0.2) is 4.98 Å². The first-order chi connectivity index (χ1) is 6.79. The highest BCUT2D eigenvalue weighted by atomic mass is 16.5. The third kappa shape index (κ3) is 1.62. The molecule has 0 atom stereocenters. The first-order valence-electron chi connectivity index (χ1n) is 4.24. The summed E-state index contributed by atoms with van der Waals surface area (Å²) in [5.41, 5.74) is 7.67. The van der Waals surface area contributed by atoms with E-state index in [4.69, 9.17) is 10.3 Å². The summed E-state index contributed by atoms with van der Waals surface area (Å²) in [6, 6.07) is 1.81. The van der Waals surface area contributed by atoms with Crippen molar-refractivity contribution in [3.8, 4) is 11.5 Å². The van der Waals surface area contributed by atoms with Crippen LogP contribution >= 0.6 is 0 Å². The molecule has 2 aromatic rings. The van der Waals surface area contributed by atoms with Crippen molar-refractivity contribution in [2.75, 3.05) is 0 Å². The van der Waals surface area contributed by atoms with Gasteiger partial charge in [0.05, 0.1) is 17.6 Å². The van der Waals surface area contributed by atoms with Gasteiger partial charge < -0.3 is 10.3 Å². The van der Waals surface area contributed by atoms with Gasteiger partial charge in [0, 0.05) is 18.8 Å². The number of rotatable bonds is 2. The molecule has 2 N–H and O–H groups in total. The number of hydrogen-bond donors (Lipinski definition) is 1. The zero-order valence-electron chi connectivity index (χ0n) is 7.77. The molecule has 14 heavy (non-hydrogen) atoms. The van der Waals surface area contributed by atoms with Gasteiger partial charge in [0.25, 0.3) is 0 Å². The predicted molar refractivity (Wildman–Crippen MR) is 50.2 cm³/mol. The highest BCUT2D eigenvalue weighted by Gasteiger charge is 2.06. The predicted octanol–water partition coefficient (Wildman–Crippen LogP) is 0.899. The van der Waals surface area contributed by atoms with Crippen molar-refractivity contribution in [2.24, 2.45) is 5.73 Å². The van der Waals surface area contributed by atoms with E-state index in [1.165, 1.54) is 0 Å². The molecular formula is C9H10N4O. The molecule has 72 valence electrons. The average molecular weight is 190 g/mol. The first-order valence-corrected chi connectivity index (χ1v) is 4.24. The lowest BCUT2D eigenvalue weighted by atomic mass is 10.3. The lowest BCUT2D eigenvalue weighted by Crippen LogP contribution is -2.00. The fraction of sp³-hybridized carbons (Fsp3) is 0.222. The Hall–Kier alpha value is -1.75. The van der Waals surface area contributed by atoms with E-state index >= 15 is 0 Å². The minimum Gasteiger partial charge on any atom is -0.354 e. The zero-order valence-corrected chi connectivity index (χ0v) is 7.77. The van der Waals surface area contributed by atoms with Crippen LogP contribution in [0.5, 0.6) is 0 Å². The quantitative estimate of drug-likeness (QED) is 0.761. The van der Waals surface area contributed by atoms with Crippen molar-refractivity contribution in [1.29, 1.82) is 0 Å². The molecule has 0 amide bonds. The van der Waals surface area contributed by atoms with Crippen LogP contribution < -0.4 is 5.73 Å². The average Bonchev–Trinajstić information content (AvgIpc) is 2.65. The monoisotopic (exact) mass is 190 g/mol. The van der Waals surface area contributed by atoms with Crippen molar-refractivity contribution < 1.29 is 4.52 Å². The van der Waals surface area contributed by atoms with Crippen molar-refractivity contribution in [3.63, 3.8) is 0 Å². The summed E-state index contributed by atoms with van der Waals surface area (Å²) in [5.74, 6) is 0.616. The molecule has 0 saturated carbocycles. The Morgan fingerprint density at radius 3 is 2.93 bits per heavy atom. The normalized spacial score (nSPS) is 10.4. The number of hydrogen-bond acceptors (Lipinski definition) is 5. The van der Waals surface area contributed by atoms with Crippen LogP contribution in [0.3, 0.4) is 0 Å². The molecule has 5 heteroatoms. The third-order valence-electron chi connectivity index (χ3n) is 1.77. The third-order valence-corrected chi connectivity index (χ3v) is 1.77. The second-order valence-electron chi connectivity index (χ2n) is 2.93. The minimum absolute atomic E-state index is 0.369. The van der Waals surface area contributed by atoms with E-state index in [1.807, 2.05) is 13.0 Å². The molecule has 5 nitrogen and oxygen atoms in total. The van der Waals surface area contributed by atoms with Gasteiger partial charge in [-0.15, -0.1) is 0 Å². The Morgan fingerprint density at radius 2 is 2.29 bits per heavy atom. The minimum atomic E-state index is 0.369. The molecule has 0 saturated heterocycles. The summed E-state index contributed by atoms with van der Waals surface area (Å²) >= 11 is 0. The lowest BCUT2D eigenvalue weighted by molar-refractivity contribution is 0.425. The molecule has 0 bridgehead atoms. The van der Waals surface area contributed by atoms with Gasteiger partial charge in [0.2, 0.25) is 0 Å². The summed E-state index contributed by atoms with van der Waals surface area (Å²) in [5, 5.41) is 3.77. The summed E-state index contributed by atoms with van der Waals surface area (Å²) in [7, 11) is 0. The van der Waals surface area contributed by atoms with Crippen LogP contribution in [0.1, 0.15) is 11.4 Å². The SMILES string of the molecule is Cc1cc(-c2cncc(CN)n2)on1. The Morgan fingerprint density at radius 1 is 1.43 bits per heavy atom. The van der Waals surface area contributed by atoms with E-state index in [1.54, 1.807) is 12.4 Å². The maximum absolute atomic E-state index is 5.45. The van der Waals surface area contributed by atoms with Gasteiger partial charge in [-0.2, -0.15) is 0 Å². The maximum Gasteiger partial charge on any atom is 0.187 e. The Balaban J connectivity index is 2.41. The van der Waals surface area contributed by atoms with E-state index in [9.17, 15) is 0 Å². The maximum atomic E-state index is 5.45. The zero-order chi connectivity index (χ0) is 9.97. The van der Waals surface area contributed by atoms with Crippen LogP contribution in [-0.4, -0.2) is 15.1 Å². The second-order valence-corrected chi connectivity index (χ2v) is 2.93. The van der Waals surface area contributed by atoms with Crippen LogP contribution in [0.2, 0.25) is 0 Å². The molecule has 0 fully saturated rings. The van der Waals surface area contributed by atoms with Gasteiger partial charge in [0.1, 0.15) is 5.69 Å². The molecule has 0 aliphatic heterocycles. The molecular weight excluding hydrogens is 180 g/mol. The number of aromatic nitrogens is 3. The largest absolute Gasteiger partial charge is 0.354 e. The Kier molecular flexibility index (Phi) is 2.24. The van der Waals surface area contributed by atoms with Gasteiger partial charge in [0.15, 0.2) is 5.76 Å². The molecule has 2 aromatic heterocycles. The highest BCUT2D eigenvalue weighted by molar-refractivity contribution is 5.50. The molecule has 0 unspecified atom stereocenters. The molecule has 2 rings (SSSR count). The van der Waals surface area contributed by atoms with Gasteiger partial charge >= 0.3 is 0 Å². The van der Waals surface area contributed by atoms with Crippen molar-refractivity contribution in [2.45, 2.75) is 13.5 Å². The van der Waals surface area contributed by atoms with E-state index in [0.29, 0.717) is 18.0 Å². The van der Waals surface area contributed by atoms with Crippen molar-refractivity contribution in [1.82, 2.24) is 15.1 Å². The Bertz CT molecular complexity index is 438. The summed E-state index contributed by atoms with van der Waals surface area (Å²) in [4.78, 5) is 8.26. The summed E-state index contributed by atoms with van der Waals surface area (Å²) in [6.45, 7) is 2.22. The molecule has 0 aromatic carbocycles. The second kappa shape index (κ2) is 3.55. The summed E-state index contributed by atoms with van der Waals surface area (Å²) < 4.78 is 5.06. The number of aryl methyl sites for hydroxylation is 1. The van der Waals surface area contributed by atoms with E-state index in [2.05, 4.69) is 15.1 Å². The van der Waals surface area contributed by atoms with E-state index in [-0.39, 0.29) is 0 Å². The number of nitrogens with two attached hydrogens (primary N) is 1. The topological polar surface area (TPSA) is 77.8 Å². The van der Waals surface area contributed by atoms with Crippen LogP contribution in [0, 0.1) is 6.92 Å². The van der Waals surface area contributed by atoms with Crippen LogP contribution in [-0.2, 0) is 6.54 Å². The van der Waals surface area contributed by atoms with Crippen molar-refractivity contribution >= 4 is 0 Å². The van der Waals surface area contributed by atoms with Gasteiger partial charge in [-0.3, -0.25) is 4.98 Å². The molecule has 0 radical (unpaired) electrons. The van der Waals surface area contributed by atoms with Gasteiger partial charge in [-0.05, 0) is 6.92 Å². The van der Waals surface area contributed by atoms with Crippen LogP contribution in [0.25, 0.3) is 11.5 Å². The first kappa shape index (κ1) is 8.83.